The van der Waals surface area contributed by atoms with Crippen LogP contribution in [-0.4, -0.2) is 35.5 Å². The van der Waals surface area contributed by atoms with Crippen molar-refractivity contribution < 1.29 is 4.79 Å². The molecule has 140 valence electrons. The van der Waals surface area contributed by atoms with Crippen LogP contribution in [-0.2, 0) is 11.2 Å². The minimum atomic E-state index is 0.0967. The van der Waals surface area contributed by atoms with Crippen LogP contribution in [0.1, 0.15) is 23.3 Å². The molecule has 1 aliphatic heterocycles. The van der Waals surface area contributed by atoms with Gasteiger partial charge in [0.25, 0.3) is 0 Å². The van der Waals surface area contributed by atoms with Crippen molar-refractivity contribution in [1.82, 2.24) is 15.3 Å². The summed E-state index contributed by atoms with van der Waals surface area (Å²) in [4.78, 5) is 25.0. The Hall–Kier alpha value is -2.47. The quantitative estimate of drug-likeness (QED) is 0.735. The standard InChI is InChI=1S/C21H24N4OS/c1-15-4-5-19-18(13-15)20(24-14-23-19)25-10-7-16(8-11-25)21(26)22-9-6-17-3-2-12-27-17/h2-5,12-14,16H,6-11H2,1H3,(H,22,26). The first-order valence-electron chi connectivity index (χ1n) is 9.47. The van der Waals surface area contributed by atoms with Crippen LogP contribution in [0.3, 0.4) is 0 Å². The largest absolute Gasteiger partial charge is 0.356 e. The van der Waals surface area contributed by atoms with Crippen LogP contribution in [0, 0.1) is 12.8 Å². The third kappa shape index (κ3) is 4.11. The fraction of sp³-hybridized carbons (Fsp3) is 0.381. The van der Waals surface area contributed by atoms with Crippen molar-refractivity contribution in [3.8, 4) is 0 Å². The van der Waals surface area contributed by atoms with Gasteiger partial charge in [-0.25, -0.2) is 9.97 Å². The second kappa shape index (κ2) is 8.05. The summed E-state index contributed by atoms with van der Waals surface area (Å²) in [5.41, 5.74) is 2.18. The number of nitrogens with one attached hydrogen (secondary N) is 1. The molecule has 0 unspecified atom stereocenters. The number of piperidine rings is 1. The lowest BCUT2D eigenvalue weighted by Crippen LogP contribution is -2.41. The number of aromatic nitrogens is 2. The van der Waals surface area contributed by atoms with E-state index in [0.717, 1.165) is 55.6 Å². The van der Waals surface area contributed by atoms with Crippen LogP contribution < -0.4 is 10.2 Å². The van der Waals surface area contributed by atoms with Gasteiger partial charge in [0.05, 0.1) is 5.52 Å². The number of carbonyl (C=O) groups is 1. The summed E-state index contributed by atoms with van der Waals surface area (Å²) in [5, 5.41) is 6.27. The average Bonchev–Trinajstić information content (AvgIpc) is 3.21. The summed E-state index contributed by atoms with van der Waals surface area (Å²) in [5.74, 6) is 1.27. The van der Waals surface area contributed by atoms with E-state index in [2.05, 4.69) is 56.8 Å². The maximum absolute atomic E-state index is 12.5. The molecule has 1 saturated heterocycles. The first-order valence-corrected chi connectivity index (χ1v) is 10.3. The summed E-state index contributed by atoms with van der Waals surface area (Å²) in [6.45, 7) is 4.50. The number of nitrogens with zero attached hydrogens (tertiary/aromatic N) is 3. The average molecular weight is 381 g/mol. The van der Waals surface area contributed by atoms with Crippen molar-refractivity contribution in [2.45, 2.75) is 26.2 Å². The van der Waals surface area contributed by atoms with E-state index in [4.69, 9.17) is 0 Å². The van der Waals surface area contributed by atoms with Crippen LogP contribution in [0.15, 0.2) is 42.0 Å². The Morgan fingerprint density at radius 1 is 1.26 bits per heavy atom. The molecule has 3 aromatic rings. The molecule has 1 N–H and O–H groups in total. The van der Waals surface area contributed by atoms with Crippen molar-refractivity contribution in [3.05, 3.63) is 52.5 Å². The lowest BCUT2D eigenvalue weighted by molar-refractivity contribution is -0.125. The molecule has 0 spiro atoms. The molecule has 3 heterocycles. The number of hydrogen-bond donors (Lipinski definition) is 1. The van der Waals surface area contributed by atoms with Crippen LogP contribution in [0.5, 0.6) is 0 Å². The van der Waals surface area contributed by atoms with Crippen molar-refractivity contribution in [3.63, 3.8) is 0 Å². The fourth-order valence-electron chi connectivity index (χ4n) is 3.67. The van der Waals surface area contributed by atoms with Gasteiger partial charge in [0.15, 0.2) is 0 Å². The van der Waals surface area contributed by atoms with Gasteiger partial charge < -0.3 is 10.2 Å². The second-order valence-corrected chi connectivity index (χ2v) is 8.13. The summed E-state index contributed by atoms with van der Waals surface area (Å²) >= 11 is 1.74. The normalized spacial score (nSPS) is 15.2. The number of fused-ring (bicyclic) bond motifs is 1. The molecule has 1 aromatic carbocycles. The SMILES string of the molecule is Cc1ccc2ncnc(N3CCC(C(=O)NCCc4cccs4)CC3)c2c1. The number of benzene rings is 1. The summed E-state index contributed by atoms with van der Waals surface area (Å²) in [7, 11) is 0. The molecule has 1 aliphatic rings. The number of aryl methyl sites for hydroxylation is 1. The first-order chi connectivity index (χ1) is 13.2. The zero-order chi connectivity index (χ0) is 18.6. The van der Waals surface area contributed by atoms with Gasteiger partial charge >= 0.3 is 0 Å². The predicted molar refractivity (Wildman–Crippen MR) is 110 cm³/mol. The fourth-order valence-corrected chi connectivity index (χ4v) is 4.38. The number of thiophene rings is 1. The molecule has 0 bridgehead atoms. The van der Waals surface area contributed by atoms with Crippen LogP contribution in [0.4, 0.5) is 5.82 Å². The van der Waals surface area contributed by atoms with Gasteiger partial charge in [0.2, 0.25) is 5.91 Å². The third-order valence-electron chi connectivity index (χ3n) is 5.19. The van der Waals surface area contributed by atoms with E-state index < -0.39 is 0 Å². The molecule has 0 radical (unpaired) electrons. The molecule has 1 fully saturated rings. The van der Waals surface area contributed by atoms with Crippen molar-refractivity contribution in [2.24, 2.45) is 5.92 Å². The topological polar surface area (TPSA) is 58.1 Å². The smallest absolute Gasteiger partial charge is 0.223 e. The van der Waals surface area contributed by atoms with Gasteiger partial charge in [0, 0.05) is 35.8 Å². The Labute approximate surface area is 163 Å². The molecule has 0 atom stereocenters. The van der Waals surface area contributed by atoms with Gasteiger partial charge in [-0.15, -0.1) is 11.3 Å². The van der Waals surface area contributed by atoms with E-state index >= 15 is 0 Å². The van der Waals surface area contributed by atoms with Gasteiger partial charge in [-0.1, -0.05) is 17.7 Å². The number of rotatable bonds is 5. The Morgan fingerprint density at radius 3 is 2.89 bits per heavy atom. The van der Waals surface area contributed by atoms with Gasteiger partial charge in [0.1, 0.15) is 12.1 Å². The zero-order valence-corrected chi connectivity index (χ0v) is 16.3. The molecule has 27 heavy (non-hydrogen) atoms. The Balaban J connectivity index is 1.35. The highest BCUT2D eigenvalue weighted by Crippen LogP contribution is 2.28. The van der Waals surface area contributed by atoms with E-state index in [-0.39, 0.29) is 11.8 Å². The zero-order valence-electron chi connectivity index (χ0n) is 15.5. The maximum atomic E-state index is 12.5. The van der Waals surface area contributed by atoms with E-state index in [1.54, 1.807) is 17.7 Å². The first kappa shape index (κ1) is 17.9. The number of hydrogen-bond acceptors (Lipinski definition) is 5. The molecule has 1 amide bonds. The predicted octanol–water partition coefficient (Wildman–Crippen LogP) is 3.58. The number of anilines is 1. The molecular weight excluding hydrogens is 356 g/mol. The molecule has 0 aliphatic carbocycles. The molecule has 4 rings (SSSR count). The highest BCUT2D eigenvalue weighted by atomic mass is 32.1. The lowest BCUT2D eigenvalue weighted by atomic mass is 9.95. The third-order valence-corrected chi connectivity index (χ3v) is 6.12. The number of carbonyl (C=O) groups excluding carboxylic acids is 1. The highest BCUT2D eigenvalue weighted by Gasteiger charge is 2.26. The monoisotopic (exact) mass is 380 g/mol. The van der Waals surface area contributed by atoms with Crippen molar-refractivity contribution >= 4 is 34.0 Å². The Kier molecular flexibility index (Phi) is 5.34. The molecular formula is C21H24N4OS. The Bertz CT molecular complexity index is 917. The molecule has 6 heteroatoms. The van der Waals surface area contributed by atoms with Crippen molar-refractivity contribution in [1.29, 1.82) is 0 Å². The van der Waals surface area contributed by atoms with Gasteiger partial charge in [-0.3, -0.25) is 4.79 Å². The minimum absolute atomic E-state index is 0.0967. The summed E-state index contributed by atoms with van der Waals surface area (Å²) in [6.07, 6.45) is 4.27. The van der Waals surface area contributed by atoms with E-state index in [1.165, 1.54) is 10.4 Å². The molecule has 2 aromatic heterocycles. The molecule has 0 saturated carbocycles. The van der Waals surface area contributed by atoms with Crippen LogP contribution in [0.2, 0.25) is 0 Å². The van der Waals surface area contributed by atoms with Gasteiger partial charge in [-0.05, 0) is 49.8 Å². The van der Waals surface area contributed by atoms with Crippen molar-refractivity contribution in [2.75, 3.05) is 24.5 Å². The highest BCUT2D eigenvalue weighted by molar-refractivity contribution is 7.09. The van der Waals surface area contributed by atoms with E-state index in [0.29, 0.717) is 0 Å². The summed E-state index contributed by atoms with van der Waals surface area (Å²) in [6, 6.07) is 10.4. The minimum Gasteiger partial charge on any atom is -0.356 e. The molecule has 5 nitrogen and oxygen atoms in total. The van der Waals surface area contributed by atoms with Crippen LogP contribution >= 0.6 is 11.3 Å². The van der Waals surface area contributed by atoms with Gasteiger partial charge in [-0.2, -0.15) is 0 Å². The van der Waals surface area contributed by atoms with E-state index in [9.17, 15) is 4.79 Å². The summed E-state index contributed by atoms with van der Waals surface area (Å²) < 4.78 is 0. The lowest BCUT2D eigenvalue weighted by Gasteiger charge is -2.32. The van der Waals surface area contributed by atoms with Crippen LogP contribution in [0.25, 0.3) is 10.9 Å². The second-order valence-electron chi connectivity index (χ2n) is 7.10. The number of amides is 1. The van der Waals surface area contributed by atoms with E-state index in [1.807, 2.05) is 6.07 Å². The Morgan fingerprint density at radius 2 is 2.11 bits per heavy atom. The maximum Gasteiger partial charge on any atom is 0.223 e.